The number of benzene rings is 2. The lowest BCUT2D eigenvalue weighted by atomic mass is 10.1. The molecule has 0 spiro atoms. The van der Waals surface area contributed by atoms with E-state index in [2.05, 4.69) is 9.88 Å². The number of nitrogens with zero attached hydrogens (tertiary/aromatic N) is 3. The minimum Gasteiger partial charge on any atom is -0.368 e. The number of fused-ring (bicyclic) bond motifs is 1. The summed E-state index contributed by atoms with van der Waals surface area (Å²) in [7, 11) is -3.70. The number of anilines is 1. The molecule has 0 bridgehead atoms. The van der Waals surface area contributed by atoms with Gasteiger partial charge in [0.2, 0.25) is 10.0 Å². The first kappa shape index (κ1) is 18.2. The van der Waals surface area contributed by atoms with Crippen molar-refractivity contribution in [3.63, 3.8) is 0 Å². The van der Waals surface area contributed by atoms with Crippen LogP contribution in [0.15, 0.2) is 59.6 Å². The molecule has 2 heterocycles. The van der Waals surface area contributed by atoms with Gasteiger partial charge in [-0.15, -0.1) is 0 Å². The van der Waals surface area contributed by atoms with E-state index >= 15 is 0 Å². The van der Waals surface area contributed by atoms with E-state index in [1.165, 1.54) is 22.5 Å². The van der Waals surface area contributed by atoms with Crippen LogP contribution in [0.3, 0.4) is 0 Å². The summed E-state index contributed by atoms with van der Waals surface area (Å²) in [5.74, 6) is -0.559. The highest BCUT2D eigenvalue weighted by Gasteiger charge is 2.29. The highest BCUT2D eigenvalue weighted by atomic mass is 35.5. The fraction of sp³-hybridized carbons (Fsp3) is 0.211. The Morgan fingerprint density at radius 3 is 2.52 bits per heavy atom. The van der Waals surface area contributed by atoms with Gasteiger partial charge in [0.05, 0.1) is 10.4 Å². The molecule has 4 rings (SSSR count). The second kappa shape index (κ2) is 7.07. The molecule has 0 radical (unpaired) electrons. The fourth-order valence-corrected chi connectivity index (χ4v) is 4.95. The van der Waals surface area contributed by atoms with Crippen LogP contribution < -0.4 is 4.90 Å². The second-order valence-electron chi connectivity index (χ2n) is 6.34. The molecular formula is C19H17ClFN3O2S. The van der Waals surface area contributed by atoms with Crippen molar-refractivity contribution in [3.8, 4) is 0 Å². The highest BCUT2D eigenvalue weighted by Crippen LogP contribution is 2.29. The van der Waals surface area contributed by atoms with Gasteiger partial charge < -0.3 is 4.90 Å². The molecule has 0 unspecified atom stereocenters. The molecule has 1 aliphatic rings. The maximum atomic E-state index is 13.4. The van der Waals surface area contributed by atoms with Gasteiger partial charge in [-0.25, -0.2) is 12.8 Å². The normalized spacial score (nSPS) is 16.0. The zero-order valence-corrected chi connectivity index (χ0v) is 15.9. The van der Waals surface area contributed by atoms with E-state index in [1.54, 1.807) is 6.20 Å². The smallest absolute Gasteiger partial charge is 0.243 e. The topological polar surface area (TPSA) is 53.5 Å². The van der Waals surface area contributed by atoms with E-state index in [-0.39, 0.29) is 4.90 Å². The second-order valence-corrected chi connectivity index (χ2v) is 8.71. The first-order chi connectivity index (χ1) is 12.9. The maximum absolute atomic E-state index is 13.4. The summed E-state index contributed by atoms with van der Waals surface area (Å²) in [6, 6.07) is 12.6. The Balaban J connectivity index is 1.56. The minimum atomic E-state index is -3.70. The molecule has 1 saturated heterocycles. The first-order valence-electron chi connectivity index (χ1n) is 8.50. The van der Waals surface area contributed by atoms with Gasteiger partial charge in [0.25, 0.3) is 0 Å². The average Bonchev–Trinajstić information content (AvgIpc) is 2.67. The summed E-state index contributed by atoms with van der Waals surface area (Å²) >= 11 is 6.04. The molecule has 0 N–H and O–H groups in total. The fourth-order valence-electron chi connectivity index (χ4n) is 3.33. The number of halogens is 2. The third-order valence-corrected chi connectivity index (χ3v) is 6.82. The van der Waals surface area contributed by atoms with Crippen molar-refractivity contribution in [2.75, 3.05) is 31.1 Å². The molecule has 0 amide bonds. The van der Waals surface area contributed by atoms with E-state index in [0.29, 0.717) is 31.2 Å². The monoisotopic (exact) mass is 405 g/mol. The van der Waals surface area contributed by atoms with E-state index in [1.807, 2.05) is 24.3 Å². The van der Waals surface area contributed by atoms with E-state index in [4.69, 9.17) is 11.6 Å². The van der Waals surface area contributed by atoms with E-state index in [0.717, 1.165) is 22.7 Å². The Bertz CT molecular complexity index is 1100. The highest BCUT2D eigenvalue weighted by molar-refractivity contribution is 7.89. The van der Waals surface area contributed by atoms with Crippen molar-refractivity contribution < 1.29 is 12.8 Å². The van der Waals surface area contributed by atoms with Crippen LogP contribution in [0.25, 0.3) is 10.9 Å². The predicted octanol–water partition coefficient (Wildman–Crippen LogP) is 3.54. The third kappa shape index (κ3) is 3.50. The average molecular weight is 406 g/mol. The molecule has 140 valence electrons. The molecule has 0 saturated carbocycles. The number of pyridine rings is 1. The Kier molecular flexibility index (Phi) is 4.75. The lowest BCUT2D eigenvalue weighted by Gasteiger charge is -2.35. The Labute approximate surface area is 162 Å². The molecule has 3 aromatic rings. The number of rotatable bonds is 3. The molecule has 2 aromatic carbocycles. The van der Waals surface area contributed by atoms with Crippen molar-refractivity contribution >= 4 is 38.2 Å². The number of sulfonamides is 1. The van der Waals surface area contributed by atoms with Gasteiger partial charge in [-0.3, -0.25) is 4.98 Å². The van der Waals surface area contributed by atoms with Gasteiger partial charge in [0.15, 0.2) is 0 Å². The SMILES string of the molecule is O=S(=O)(c1cccc(F)c1)N1CCN(c2ccnc3cc(Cl)ccc23)CC1. The standard InChI is InChI=1S/C19H17ClFN3O2S/c20-14-4-5-17-18(12-14)22-7-6-19(17)23-8-10-24(11-9-23)27(25,26)16-3-1-2-15(21)13-16/h1-7,12-13H,8-11H2. The van der Waals surface area contributed by atoms with Crippen LogP contribution >= 0.6 is 11.6 Å². The maximum Gasteiger partial charge on any atom is 0.243 e. The van der Waals surface area contributed by atoms with Crippen LogP contribution in [-0.4, -0.2) is 43.9 Å². The van der Waals surface area contributed by atoms with Crippen LogP contribution in [0.1, 0.15) is 0 Å². The van der Waals surface area contributed by atoms with Crippen LogP contribution in [-0.2, 0) is 10.0 Å². The summed E-state index contributed by atoms with van der Waals surface area (Å²) in [5, 5.41) is 1.60. The molecule has 5 nitrogen and oxygen atoms in total. The van der Waals surface area contributed by atoms with Gasteiger partial charge in [-0.05, 0) is 42.5 Å². The summed E-state index contributed by atoms with van der Waals surface area (Å²) in [4.78, 5) is 6.47. The van der Waals surface area contributed by atoms with Crippen molar-refractivity contribution in [2.45, 2.75) is 4.90 Å². The van der Waals surface area contributed by atoms with Gasteiger partial charge in [-0.1, -0.05) is 17.7 Å². The molecule has 1 aliphatic heterocycles. The molecule has 0 atom stereocenters. The van der Waals surface area contributed by atoms with Crippen LogP contribution in [0.2, 0.25) is 5.02 Å². The van der Waals surface area contributed by atoms with Gasteiger partial charge in [0, 0.05) is 48.5 Å². The summed E-state index contributed by atoms with van der Waals surface area (Å²) in [5.41, 5.74) is 1.80. The largest absolute Gasteiger partial charge is 0.368 e. The van der Waals surface area contributed by atoms with Crippen molar-refractivity contribution in [2.24, 2.45) is 0 Å². The quantitative estimate of drug-likeness (QED) is 0.668. The molecule has 0 aliphatic carbocycles. The van der Waals surface area contributed by atoms with E-state index in [9.17, 15) is 12.8 Å². The van der Waals surface area contributed by atoms with Crippen LogP contribution in [0.4, 0.5) is 10.1 Å². The summed E-state index contributed by atoms with van der Waals surface area (Å²) < 4.78 is 40.3. The van der Waals surface area contributed by atoms with Crippen molar-refractivity contribution in [1.82, 2.24) is 9.29 Å². The minimum absolute atomic E-state index is 0.0139. The molecule has 27 heavy (non-hydrogen) atoms. The first-order valence-corrected chi connectivity index (χ1v) is 10.3. The van der Waals surface area contributed by atoms with Crippen molar-refractivity contribution in [3.05, 3.63) is 65.6 Å². The Morgan fingerprint density at radius 2 is 1.78 bits per heavy atom. The molecule has 1 fully saturated rings. The van der Waals surface area contributed by atoms with Crippen LogP contribution in [0.5, 0.6) is 0 Å². The lowest BCUT2D eigenvalue weighted by Crippen LogP contribution is -2.48. The van der Waals surface area contributed by atoms with Gasteiger partial charge in [0.1, 0.15) is 5.82 Å². The Hall–Kier alpha value is -2.22. The third-order valence-electron chi connectivity index (χ3n) is 4.69. The Morgan fingerprint density at radius 1 is 1.00 bits per heavy atom. The number of piperazine rings is 1. The number of aromatic nitrogens is 1. The molecule has 1 aromatic heterocycles. The van der Waals surface area contributed by atoms with E-state index < -0.39 is 15.8 Å². The zero-order valence-electron chi connectivity index (χ0n) is 14.3. The number of hydrogen-bond acceptors (Lipinski definition) is 4. The molecular weight excluding hydrogens is 389 g/mol. The van der Waals surface area contributed by atoms with Gasteiger partial charge >= 0.3 is 0 Å². The van der Waals surface area contributed by atoms with Crippen molar-refractivity contribution in [1.29, 1.82) is 0 Å². The lowest BCUT2D eigenvalue weighted by molar-refractivity contribution is 0.385. The number of hydrogen-bond donors (Lipinski definition) is 0. The summed E-state index contributed by atoms with van der Waals surface area (Å²) in [6.07, 6.45) is 1.73. The van der Waals surface area contributed by atoms with Crippen LogP contribution in [0, 0.1) is 5.82 Å². The summed E-state index contributed by atoms with van der Waals surface area (Å²) in [6.45, 7) is 1.74. The zero-order chi connectivity index (χ0) is 19.0. The molecule has 8 heteroatoms. The van der Waals surface area contributed by atoms with Gasteiger partial charge in [-0.2, -0.15) is 4.31 Å². The predicted molar refractivity (Wildman–Crippen MR) is 104 cm³/mol.